The molecule has 0 fully saturated rings. The van der Waals surface area contributed by atoms with Gasteiger partial charge < -0.3 is 10.8 Å². The van der Waals surface area contributed by atoms with Crippen molar-refractivity contribution in [3.05, 3.63) is 34.9 Å². The molecule has 0 aliphatic carbocycles. The number of aliphatic hydroxyl groups excluding tert-OH is 1. The topological polar surface area (TPSA) is 46.2 Å². The SMILES string of the molecule is Cl.NCC(CO)c1ccc(Cl)cc1. The van der Waals surface area contributed by atoms with Crippen molar-refractivity contribution >= 4 is 24.0 Å². The van der Waals surface area contributed by atoms with Crippen molar-refractivity contribution in [1.29, 1.82) is 0 Å². The van der Waals surface area contributed by atoms with E-state index in [4.69, 9.17) is 22.4 Å². The third-order valence-corrected chi connectivity index (χ3v) is 2.10. The second kappa shape index (κ2) is 6.22. The van der Waals surface area contributed by atoms with E-state index in [1.54, 1.807) is 12.1 Å². The monoisotopic (exact) mass is 221 g/mol. The summed E-state index contributed by atoms with van der Waals surface area (Å²) in [5.74, 6) is 0.0299. The highest BCUT2D eigenvalue weighted by atomic mass is 35.5. The summed E-state index contributed by atoms with van der Waals surface area (Å²) < 4.78 is 0. The van der Waals surface area contributed by atoms with Crippen LogP contribution in [0.15, 0.2) is 24.3 Å². The van der Waals surface area contributed by atoms with Crippen LogP contribution in [0.3, 0.4) is 0 Å². The predicted molar refractivity (Wildman–Crippen MR) is 57.6 cm³/mol. The van der Waals surface area contributed by atoms with Crippen molar-refractivity contribution < 1.29 is 5.11 Å². The zero-order valence-corrected chi connectivity index (χ0v) is 8.68. The molecule has 1 rings (SSSR count). The van der Waals surface area contributed by atoms with Crippen LogP contribution in [0.5, 0.6) is 0 Å². The normalized spacial score (nSPS) is 11.9. The molecule has 0 heterocycles. The Bertz CT molecular complexity index is 234. The largest absolute Gasteiger partial charge is 0.396 e. The molecule has 0 aromatic heterocycles. The number of halogens is 2. The zero-order valence-electron chi connectivity index (χ0n) is 7.11. The Morgan fingerprint density at radius 1 is 1.31 bits per heavy atom. The highest BCUT2D eigenvalue weighted by Crippen LogP contribution is 2.16. The van der Waals surface area contributed by atoms with Gasteiger partial charge in [0.2, 0.25) is 0 Å². The fourth-order valence-electron chi connectivity index (χ4n) is 1.05. The van der Waals surface area contributed by atoms with Gasteiger partial charge in [0.05, 0.1) is 6.61 Å². The van der Waals surface area contributed by atoms with Crippen LogP contribution >= 0.6 is 24.0 Å². The van der Waals surface area contributed by atoms with E-state index in [9.17, 15) is 0 Å². The van der Waals surface area contributed by atoms with E-state index in [1.807, 2.05) is 12.1 Å². The van der Waals surface area contributed by atoms with Crippen LogP contribution in [0.1, 0.15) is 11.5 Å². The van der Waals surface area contributed by atoms with Gasteiger partial charge >= 0.3 is 0 Å². The van der Waals surface area contributed by atoms with Crippen molar-refractivity contribution in [2.45, 2.75) is 5.92 Å². The Balaban J connectivity index is 0.00000144. The van der Waals surface area contributed by atoms with Crippen molar-refractivity contribution in [3.63, 3.8) is 0 Å². The zero-order chi connectivity index (χ0) is 8.97. The Kier molecular flexibility index (Phi) is 6.08. The average Bonchev–Trinajstić information content (AvgIpc) is 2.10. The molecule has 0 saturated heterocycles. The highest BCUT2D eigenvalue weighted by molar-refractivity contribution is 6.30. The van der Waals surface area contributed by atoms with Gasteiger partial charge in [0, 0.05) is 17.5 Å². The summed E-state index contributed by atoms with van der Waals surface area (Å²) >= 11 is 5.71. The standard InChI is InChI=1S/C9H12ClNO.ClH/c10-9-3-1-7(2-4-9)8(5-11)6-12;/h1-4,8,12H,5-6,11H2;1H. The summed E-state index contributed by atoms with van der Waals surface area (Å²) in [6.07, 6.45) is 0. The van der Waals surface area contributed by atoms with Gasteiger partial charge in [-0.3, -0.25) is 0 Å². The van der Waals surface area contributed by atoms with Gasteiger partial charge in [-0.2, -0.15) is 0 Å². The van der Waals surface area contributed by atoms with E-state index in [0.717, 1.165) is 5.56 Å². The van der Waals surface area contributed by atoms with Crippen LogP contribution in [-0.4, -0.2) is 18.3 Å². The van der Waals surface area contributed by atoms with E-state index in [1.165, 1.54) is 0 Å². The molecule has 4 heteroatoms. The quantitative estimate of drug-likeness (QED) is 0.818. The maximum absolute atomic E-state index is 8.94. The summed E-state index contributed by atoms with van der Waals surface area (Å²) in [4.78, 5) is 0. The molecule has 0 amide bonds. The maximum Gasteiger partial charge on any atom is 0.0511 e. The van der Waals surface area contributed by atoms with E-state index < -0.39 is 0 Å². The Hall–Kier alpha value is -0.280. The van der Waals surface area contributed by atoms with E-state index in [0.29, 0.717) is 11.6 Å². The van der Waals surface area contributed by atoms with Gasteiger partial charge in [0.1, 0.15) is 0 Å². The second-order valence-corrected chi connectivity index (χ2v) is 3.10. The molecule has 0 aliphatic heterocycles. The number of rotatable bonds is 3. The first-order chi connectivity index (χ1) is 5.77. The van der Waals surface area contributed by atoms with Gasteiger partial charge in [0.25, 0.3) is 0 Å². The average molecular weight is 222 g/mol. The van der Waals surface area contributed by atoms with Crippen LogP contribution in [0.25, 0.3) is 0 Å². The van der Waals surface area contributed by atoms with Crippen molar-refractivity contribution in [1.82, 2.24) is 0 Å². The summed E-state index contributed by atoms with van der Waals surface area (Å²) in [5, 5.41) is 9.64. The lowest BCUT2D eigenvalue weighted by Crippen LogP contribution is -2.15. The molecular formula is C9H13Cl2NO. The van der Waals surface area contributed by atoms with Crippen LogP contribution in [-0.2, 0) is 0 Å². The van der Waals surface area contributed by atoms with E-state index >= 15 is 0 Å². The van der Waals surface area contributed by atoms with Crippen LogP contribution < -0.4 is 5.73 Å². The molecule has 13 heavy (non-hydrogen) atoms. The summed E-state index contributed by atoms with van der Waals surface area (Å²) in [7, 11) is 0. The van der Waals surface area contributed by atoms with Crippen molar-refractivity contribution in [2.75, 3.05) is 13.2 Å². The van der Waals surface area contributed by atoms with Crippen molar-refractivity contribution in [3.8, 4) is 0 Å². The first kappa shape index (κ1) is 12.7. The van der Waals surface area contributed by atoms with Crippen LogP contribution in [0, 0.1) is 0 Å². The molecule has 1 aromatic rings. The third kappa shape index (κ3) is 3.53. The Morgan fingerprint density at radius 3 is 2.23 bits per heavy atom. The number of nitrogens with two attached hydrogens (primary N) is 1. The molecular weight excluding hydrogens is 209 g/mol. The Labute approximate surface area is 89.1 Å². The third-order valence-electron chi connectivity index (χ3n) is 1.85. The van der Waals surface area contributed by atoms with Crippen molar-refractivity contribution in [2.24, 2.45) is 5.73 Å². The highest BCUT2D eigenvalue weighted by Gasteiger charge is 2.06. The van der Waals surface area contributed by atoms with Crippen LogP contribution in [0.2, 0.25) is 5.02 Å². The first-order valence-electron chi connectivity index (χ1n) is 3.84. The summed E-state index contributed by atoms with van der Waals surface area (Å²) in [6.45, 7) is 0.538. The number of hydrogen-bond acceptors (Lipinski definition) is 2. The molecule has 0 radical (unpaired) electrons. The number of aliphatic hydroxyl groups is 1. The Morgan fingerprint density at radius 2 is 1.85 bits per heavy atom. The number of benzene rings is 1. The minimum atomic E-state index is 0. The molecule has 0 bridgehead atoms. The smallest absolute Gasteiger partial charge is 0.0511 e. The molecule has 74 valence electrons. The number of hydrogen-bond donors (Lipinski definition) is 2. The molecule has 1 atom stereocenters. The maximum atomic E-state index is 8.94. The molecule has 2 nitrogen and oxygen atoms in total. The fraction of sp³-hybridized carbons (Fsp3) is 0.333. The summed E-state index contributed by atoms with van der Waals surface area (Å²) in [5.41, 5.74) is 6.49. The van der Waals surface area contributed by atoms with Gasteiger partial charge in [-0.15, -0.1) is 12.4 Å². The molecule has 0 aliphatic rings. The summed E-state index contributed by atoms with van der Waals surface area (Å²) in [6, 6.07) is 7.37. The molecule has 0 spiro atoms. The fourth-order valence-corrected chi connectivity index (χ4v) is 1.18. The minimum Gasteiger partial charge on any atom is -0.396 e. The predicted octanol–water partition coefficient (Wildman–Crippen LogP) is 1.80. The lowest BCUT2D eigenvalue weighted by Gasteiger charge is -2.11. The lowest BCUT2D eigenvalue weighted by molar-refractivity contribution is 0.268. The van der Waals surface area contributed by atoms with E-state index in [-0.39, 0.29) is 24.9 Å². The van der Waals surface area contributed by atoms with Gasteiger partial charge in [-0.1, -0.05) is 23.7 Å². The second-order valence-electron chi connectivity index (χ2n) is 2.67. The minimum absolute atomic E-state index is 0. The van der Waals surface area contributed by atoms with Gasteiger partial charge in [-0.25, -0.2) is 0 Å². The molecule has 0 saturated carbocycles. The van der Waals surface area contributed by atoms with E-state index in [2.05, 4.69) is 0 Å². The van der Waals surface area contributed by atoms with Gasteiger partial charge in [0.15, 0.2) is 0 Å². The molecule has 3 N–H and O–H groups in total. The first-order valence-corrected chi connectivity index (χ1v) is 4.22. The lowest BCUT2D eigenvalue weighted by atomic mass is 10.0. The van der Waals surface area contributed by atoms with Crippen LogP contribution in [0.4, 0.5) is 0 Å². The van der Waals surface area contributed by atoms with Gasteiger partial charge in [-0.05, 0) is 17.7 Å². The molecule has 1 unspecified atom stereocenters. The molecule has 1 aromatic carbocycles.